The summed E-state index contributed by atoms with van der Waals surface area (Å²) in [4.78, 5) is 0. The van der Waals surface area contributed by atoms with Crippen LogP contribution in [0, 0.1) is 35.0 Å². The standard InChI is InChI=1S/C17H28O/c1-11-4-15(2-3-16(11)18)17-8-12-5-13(9-17)7-14(6-12)10-17/h11-16,18H,2-10H2,1H3/t11-,12?,13?,14?,15-,16+,17?/m1/s1. The van der Waals surface area contributed by atoms with Crippen LogP contribution in [0.5, 0.6) is 0 Å². The van der Waals surface area contributed by atoms with Gasteiger partial charge < -0.3 is 5.11 Å². The summed E-state index contributed by atoms with van der Waals surface area (Å²) < 4.78 is 0. The Morgan fingerprint density at radius 2 is 1.39 bits per heavy atom. The van der Waals surface area contributed by atoms with Gasteiger partial charge in [0.05, 0.1) is 6.10 Å². The molecule has 5 aliphatic carbocycles. The van der Waals surface area contributed by atoms with Crippen LogP contribution in [-0.2, 0) is 0 Å². The molecule has 5 fully saturated rings. The molecule has 5 saturated carbocycles. The number of aliphatic hydroxyl groups is 1. The minimum absolute atomic E-state index is 0.00448. The predicted molar refractivity (Wildman–Crippen MR) is 73.1 cm³/mol. The predicted octanol–water partition coefficient (Wildman–Crippen LogP) is 4.00. The molecule has 1 N–H and O–H groups in total. The highest BCUT2D eigenvalue weighted by molar-refractivity contribution is 5.05. The van der Waals surface area contributed by atoms with Gasteiger partial charge >= 0.3 is 0 Å². The van der Waals surface area contributed by atoms with Crippen LogP contribution in [-0.4, -0.2) is 11.2 Å². The summed E-state index contributed by atoms with van der Waals surface area (Å²) in [5, 5.41) is 9.98. The Bertz CT molecular complexity index is 299. The third-order valence-corrected chi connectivity index (χ3v) is 7.08. The van der Waals surface area contributed by atoms with Crippen molar-refractivity contribution in [1.29, 1.82) is 0 Å². The van der Waals surface area contributed by atoms with Crippen molar-refractivity contribution in [3.05, 3.63) is 0 Å². The molecule has 0 spiro atoms. The van der Waals surface area contributed by atoms with Gasteiger partial charge in [-0.3, -0.25) is 0 Å². The van der Waals surface area contributed by atoms with E-state index in [1.807, 2.05) is 0 Å². The van der Waals surface area contributed by atoms with Crippen molar-refractivity contribution in [1.82, 2.24) is 0 Å². The summed E-state index contributed by atoms with van der Waals surface area (Å²) in [5.74, 6) is 4.75. The number of hydrogen-bond donors (Lipinski definition) is 1. The Kier molecular flexibility index (Phi) is 2.60. The average molecular weight is 248 g/mol. The van der Waals surface area contributed by atoms with Crippen molar-refractivity contribution < 1.29 is 5.11 Å². The highest BCUT2D eigenvalue weighted by atomic mass is 16.3. The van der Waals surface area contributed by atoms with Crippen molar-refractivity contribution in [2.45, 2.75) is 70.8 Å². The van der Waals surface area contributed by atoms with Gasteiger partial charge in [-0.15, -0.1) is 0 Å². The molecule has 0 saturated heterocycles. The van der Waals surface area contributed by atoms with E-state index in [0.29, 0.717) is 5.92 Å². The van der Waals surface area contributed by atoms with E-state index in [-0.39, 0.29) is 6.10 Å². The van der Waals surface area contributed by atoms with E-state index < -0.39 is 0 Å². The monoisotopic (exact) mass is 248 g/mol. The first-order chi connectivity index (χ1) is 8.64. The van der Waals surface area contributed by atoms with Crippen LogP contribution in [0.15, 0.2) is 0 Å². The lowest BCUT2D eigenvalue weighted by Gasteiger charge is -2.60. The van der Waals surface area contributed by atoms with Crippen molar-refractivity contribution in [2.75, 3.05) is 0 Å². The second-order valence-corrected chi connectivity index (χ2v) is 8.33. The first-order valence-electron chi connectivity index (χ1n) is 8.33. The van der Waals surface area contributed by atoms with Crippen LogP contribution in [0.4, 0.5) is 0 Å². The maximum atomic E-state index is 9.98. The Hall–Kier alpha value is -0.0400. The SMILES string of the molecule is C[C@@H]1C[C@H](C23CC4CC(CC(C4)C2)C3)CC[C@@H]1O. The molecule has 0 unspecified atom stereocenters. The molecule has 1 heteroatoms. The first-order valence-corrected chi connectivity index (χ1v) is 8.33. The Morgan fingerprint density at radius 1 is 0.833 bits per heavy atom. The molecule has 0 aromatic heterocycles. The quantitative estimate of drug-likeness (QED) is 0.743. The lowest BCUT2D eigenvalue weighted by atomic mass is 9.45. The minimum atomic E-state index is -0.00448. The normalized spacial score (nSPS) is 59.0. The summed E-state index contributed by atoms with van der Waals surface area (Å²) in [7, 11) is 0. The van der Waals surface area contributed by atoms with E-state index in [1.165, 1.54) is 12.8 Å². The molecule has 0 aromatic carbocycles. The number of aliphatic hydroxyl groups excluding tert-OH is 1. The number of hydrogen-bond acceptors (Lipinski definition) is 1. The van der Waals surface area contributed by atoms with Crippen LogP contribution >= 0.6 is 0 Å². The summed E-state index contributed by atoms with van der Waals surface area (Å²) >= 11 is 0. The third kappa shape index (κ3) is 1.69. The Morgan fingerprint density at radius 3 is 1.89 bits per heavy atom. The van der Waals surface area contributed by atoms with E-state index in [9.17, 15) is 5.11 Å². The molecule has 4 bridgehead atoms. The highest BCUT2D eigenvalue weighted by Crippen LogP contribution is 2.64. The first kappa shape index (κ1) is 11.8. The fourth-order valence-corrected chi connectivity index (χ4v) is 6.61. The molecule has 5 aliphatic rings. The van der Waals surface area contributed by atoms with Crippen LogP contribution in [0.1, 0.15) is 64.7 Å². The van der Waals surface area contributed by atoms with Gasteiger partial charge in [0.1, 0.15) is 0 Å². The van der Waals surface area contributed by atoms with Crippen LogP contribution in [0.3, 0.4) is 0 Å². The highest BCUT2D eigenvalue weighted by Gasteiger charge is 2.54. The maximum Gasteiger partial charge on any atom is 0.0566 e. The second kappa shape index (κ2) is 3.98. The van der Waals surface area contributed by atoms with Crippen LogP contribution < -0.4 is 0 Å². The molecule has 0 aliphatic heterocycles. The van der Waals surface area contributed by atoms with Crippen molar-refractivity contribution in [3.63, 3.8) is 0 Å². The van der Waals surface area contributed by atoms with Gasteiger partial charge in [0.2, 0.25) is 0 Å². The van der Waals surface area contributed by atoms with Gasteiger partial charge in [-0.25, -0.2) is 0 Å². The lowest BCUT2D eigenvalue weighted by molar-refractivity contribution is -0.109. The van der Waals surface area contributed by atoms with Gasteiger partial charge in [-0.05, 0) is 92.8 Å². The second-order valence-electron chi connectivity index (χ2n) is 8.33. The van der Waals surface area contributed by atoms with Crippen LogP contribution in [0.2, 0.25) is 0 Å². The molecule has 5 rings (SSSR count). The lowest BCUT2D eigenvalue weighted by Crippen LogP contribution is -2.51. The maximum absolute atomic E-state index is 9.98. The van der Waals surface area contributed by atoms with Crippen molar-refractivity contribution in [3.8, 4) is 0 Å². The number of rotatable bonds is 1. The van der Waals surface area contributed by atoms with Gasteiger partial charge in [-0.2, -0.15) is 0 Å². The summed E-state index contributed by atoms with van der Waals surface area (Å²) in [6.45, 7) is 2.28. The molecular formula is C17H28O. The molecule has 0 amide bonds. The minimum Gasteiger partial charge on any atom is -0.393 e. The third-order valence-electron chi connectivity index (χ3n) is 7.08. The largest absolute Gasteiger partial charge is 0.393 e. The van der Waals surface area contributed by atoms with E-state index in [1.54, 1.807) is 38.5 Å². The van der Waals surface area contributed by atoms with Gasteiger partial charge in [0.15, 0.2) is 0 Å². The molecule has 18 heavy (non-hydrogen) atoms. The smallest absolute Gasteiger partial charge is 0.0566 e. The topological polar surface area (TPSA) is 20.2 Å². The van der Waals surface area contributed by atoms with Crippen molar-refractivity contribution in [2.24, 2.45) is 35.0 Å². The fraction of sp³-hybridized carbons (Fsp3) is 1.00. The Labute approximate surface area is 111 Å². The molecule has 102 valence electrons. The van der Waals surface area contributed by atoms with E-state index >= 15 is 0 Å². The molecule has 0 radical (unpaired) electrons. The zero-order valence-corrected chi connectivity index (χ0v) is 11.8. The average Bonchev–Trinajstić information content (AvgIpc) is 2.31. The van der Waals surface area contributed by atoms with E-state index in [4.69, 9.17) is 0 Å². The van der Waals surface area contributed by atoms with Crippen molar-refractivity contribution >= 4 is 0 Å². The summed E-state index contributed by atoms with van der Waals surface area (Å²) in [6, 6.07) is 0. The zero-order valence-electron chi connectivity index (χ0n) is 11.8. The zero-order chi connectivity index (χ0) is 12.3. The van der Waals surface area contributed by atoms with Gasteiger partial charge in [0.25, 0.3) is 0 Å². The van der Waals surface area contributed by atoms with E-state index in [0.717, 1.165) is 35.5 Å². The molecule has 1 nitrogen and oxygen atoms in total. The van der Waals surface area contributed by atoms with E-state index in [2.05, 4.69) is 6.92 Å². The molecule has 0 aromatic rings. The summed E-state index contributed by atoms with van der Waals surface area (Å²) in [6.07, 6.45) is 13.0. The van der Waals surface area contributed by atoms with Gasteiger partial charge in [-0.1, -0.05) is 6.92 Å². The molecular weight excluding hydrogens is 220 g/mol. The fourth-order valence-electron chi connectivity index (χ4n) is 6.61. The van der Waals surface area contributed by atoms with Crippen LogP contribution in [0.25, 0.3) is 0 Å². The molecule has 3 atom stereocenters. The summed E-state index contributed by atoms with van der Waals surface area (Å²) in [5.41, 5.74) is 0.725. The van der Waals surface area contributed by atoms with Gasteiger partial charge in [0, 0.05) is 0 Å². The Balaban J connectivity index is 1.56. The molecule has 0 heterocycles.